The van der Waals surface area contributed by atoms with Crippen LogP contribution in [0.15, 0.2) is 24.3 Å². The maximum absolute atomic E-state index is 5.99. The lowest BCUT2D eigenvalue weighted by molar-refractivity contribution is 0.161. The fourth-order valence-electron chi connectivity index (χ4n) is 3.73. The smallest absolute Gasteiger partial charge is 0.120 e. The maximum Gasteiger partial charge on any atom is 0.120 e. The first-order chi connectivity index (χ1) is 10.1. The molecular formula is C19H29NO. The Morgan fingerprint density at radius 3 is 2.76 bits per heavy atom. The number of nitrogens with one attached hydrogen (secondary N) is 1. The van der Waals surface area contributed by atoms with Crippen molar-refractivity contribution in [3.05, 3.63) is 29.8 Å². The third-order valence-corrected chi connectivity index (χ3v) is 5.11. The molecule has 0 radical (unpaired) electrons. The van der Waals surface area contributed by atoms with Gasteiger partial charge in [0.25, 0.3) is 0 Å². The number of hydrogen-bond acceptors (Lipinski definition) is 2. The highest BCUT2D eigenvalue weighted by atomic mass is 16.5. The topological polar surface area (TPSA) is 21.3 Å². The van der Waals surface area contributed by atoms with Crippen LogP contribution in [0.4, 0.5) is 0 Å². The van der Waals surface area contributed by atoms with E-state index in [0.29, 0.717) is 17.4 Å². The second-order valence-corrected chi connectivity index (χ2v) is 7.72. The second kappa shape index (κ2) is 6.00. The van der Waals surface area contributed by atoms with Gasteiger partial charge in [0.05, 0.1) is 6.10 Å². The molecule has 2 aliphatic carbocycles. The molecule has 1 aromatic carbocycles. The van der Waals surface area contributed by atoms with Crippen LogP contribution in [-0.4, -0.2) is 19.7 Å². The largest absolute Gasteiger partial charge is 0.490 e. The van der Waals surface area contributed by atoms with Crippen molar-refractivity contribution in [1.82, 2.24) is 5.32 Å². The molecular weight excluding hydrogens is 258 g/mol. The van der Waals surface area contributed by atoms with Crippen LogP contribution in [0.3, 0.4) is 0 Å². The molecule has 2 fully saturated rings. The second-order valence-electron chi connectivity index (χ2n) is 7.72. The van der Waals surface area contributed by atoms with Crippen molar-refractivity contribution in [3.8, 4) is 5.75 Å². The van der Waals surface area contributed by atoms with E-state index in [1.165, 1.54) is 37.7 Å². The van der Waals surface area contributed by atoms with Gasteiger partial charge in [-0.2, -0.15) is 0 Å². The van der Waals surface area contributed by atoms with E-state index in [4.69, 9.17) is 4.74 Å². The number of ether oxygens (including phenoxy) is 1. The van der Waals surface area contributed by atoms with E-state index in [1.807, 2.05) is 0 Å². The summed E-state index contributed by atoms with van der Waals surface area (Å²) in [6.45, 7) is 5.95. The minimum Gasteiger partial charge on any atom is -0.490 e. The summed E-state index contributed by atoms with van der Waals surface area (Å²) in [7, 11) is 2.07. The Hall–Kier alpha value is -1.02. The lowest BCUT2D eigenvalue weighted by Gasteiger charge is -2.41. The van der Waals surface area contributed by atoms with E-state index in [1.54, 1.807) is 0 Å². The first kappa shape index (κ1) is 14.9. The first-order valence-corrected chi connectivity index (χ1v) is 8.49. The fourth-order valence-corrected chi connectivity index (χ4v) is 3.73. The molecule has 0 aliphatic heterocycles. The van der Waals surface area contributed by atoms with Crippen molar-refractivity contribution in [2.24, 2.45) is 11.3 Å². The van der Waals surface area contributed by atoms with E-state index >= 15 is 0 Å². The standard InChI is InChI=1S/C19H29NO/c1-19(2)10-9-15(13-20-3)18(12-19)14-5-4-6-17(11-14)21-16-7-8-16/h4-6,11,15-16,18,20H,7-10,12-13H2,1-3H3. The first-order valence-electron chi connectivity index (χ1n) is 8.49. The van der Waals surface area contributed by atoms with Gasteiger partial charge in [0.15, 0.2) is 0 Å². The zero-order valence-corrected chi connectivity index (χ0v) is 13.7. The fraction of sp³-hybridized carbons (Fsp3) is 0.684. The van der Waals surface area contributed by atoms with E-state index in [-0.39, 0.29) is 0 Å². The monoisotopic (exact) mass is 287 g/mol. The molecule has 3 rings (SSSR count). The summed E-state index contributed by atoms with van der Waals surface area (Å²) in [6, 6.07) is 8.88. The summed E-state index contributed by atoms with van der Waals surface area (Å²) in [4.78, 5) is 0. The summed E-state index contributed by atoms with van der Waals surface area (Å²) in [5.41, 5.74) is 1.93. The van der Waals surface area contributed by atoms with Crippen molar-refractivity contribution in [3.63, 3.8) is 0 Å². The van der Waals surface area contributed by atoms with Crippen LogP contribution in [0.2, 0.25) is 0 Å². The summed E-state index contributed by atoms with van der Waals surface area (Å²) >= 11 is 0. The van der Waals surface area contributed by atoms with Gasteiger partial charge < -0.3 is 10.1 Å². The third-order valence-electron chi connectivity index (χ3n) is 5.11. The number of benzene rings is 1. The van der Waals surface area contributed by atoms with Crippen molar-refractivity contribution >= 4 is 0 Å². The summed E-state index contributed by atoms with van der Waals surface area (Å²) < 4.78 is 5.99. The normalized spacial score (nSPS) is 28.3. The lowest BCUT2D eigenvalue weighted by atomic mass is 9.65. The summed E-state index contributed by atoms with van der Waals surface area (Å²) in [5.74, 6) is 2.48. The van der Waals surface area contributed by atoms with Gasteiger partial charge in [-0.25, -0.2) is 0 Å². The highest BCUT2D eigenvalue weighted by molar-refractivity contribution is 5.32. The van der Waals surface area contributed by atoms with Gasteiger partial charge in [-0.1, -0.05) is 26.0 Å². The molecule has 1 aromatic rings. The highest BCUT2D eigenvalue weighted by Crippen LogP contribution is 2.47. The SMILES string of the molecule is CNCC1CCC(C)(C)CC1c1cccc(OC2CC2)c1. The van der Waals surface area contributed by atoms with Gasteiger partial charge in [0, 0.05) is 0 Å². The predicted octanol–water partition coefficient (Wildman–Crippen LogP) is 4.36. The zero-order valence-electron chi connectivity index (χ0n) is 13.7. The molecule has 0 amide bonds. The Bertz CT molecular complexity index is 478. The van der Waals surface area contributed by atoms with Crippen LogP contribution < -0.4 is 10.1 Å². The zero-order chi connectivity index (χ0) is 14.9. The van der Waals surface area contributed by atoms with Crippen molar-refractivity contribution in [1.29, 1.82) is 0 Å². The van der Waals surface area contributed by atoms with Crippen LogP contribution in [0.1, 0.15) is 57.4 Å². The van der Waals surface area contributed by atoms with E-state index in [9.17, 15) is 0 Å². The minimum absolute atomic E-state index is 0.461. The molecule has 2 atom stereocenters. The maximum atomic E-state index is 5.99. The minimum atomic E-state index is 0.461. The third kappa shape index (κ3) is 3.79. The molecule has 2 unspecified atom stereocenters. The van der Waals surface area contributed by atoms with Gasteiger partial charge in [-0.15, -0.1) is 0 Å². The van der Waals surface area contributed by atoms with E-state index in [0.717, 1.165) is 18.2 Å². The molecule has 1 N–H and O–H groups in total. The Kier molecular flexibility index (Phi) is 4.26. The molecule has 2 heteroatoms. The Morgan fingerprint density at radius 1 is 1.24 bits per heavy atom. The Morgan fingerprint density at radius 2 is 2.05 bits per heavy atom. The Labute approximate surface area is 129 Å². The van der Waals surface area contributed by atoms with Gasteiger partial charge in [-0.05, 0) is 80.6 Å². The van der Waals surface area contributed by atoms with Gasteiger partial charge >= 0.3 is 0 Å². The van der Waals surface area contributed by atoms with Crippen molar-refractivity contribution in [2.45, 2.75) is 58.0 Å². The summed E-state index contributed by atoms with van der Waals surface area (Å²) in [5, 5.41) is 3.39. The quantitative estimate of drug-likeness (QED) is 0.869. The van der Waals surface area contributed by atoms with Gasteiger partial charge in [-0.3, -0.25) is 0 Å². The molecule has 0 aromatic heterocycles. The highest BCUT2D eigenvalue weighted by Gasteiger charge is 2.35. The van der Waals surface area contributed by atoms with Crippen LogP contribution in [0, 0.1) is 11.3 Å². The van der Waals surface area contributed by atoms with Crippen LogP contribution in [-0.2, 0) is 0 Å². The molecule has 2 aliphatic rings. The Balaban J connectivity index is 1.80. The van der Waals surface area contributed by atoms with E-state index in [2.05, 4.69) is 50.5 Å². The molecule has 0 spiro atoms. The number of rotatable bonds is 5. The van der Waals surface area contributed by atoms with Crippen LogP contribution in [0.5, 0.6) is 5.75 Å². The van der Waals surface area contributed by atoms with E-state index < -0.39 is 0 Å². The summed E-state index contributed by atoms with van der Waals surface area (Å²) in [6.07, 6.45) is 6.88. The lowest BCUT2D eigenvalue weighted by Crippen LogP contribution is -2.33. The van der Waals surface area contributed by atoms with Crippen molar-refractivity contribution < 1.29 is 4.74 Å². The molecule has 21 heavy (non-hydrogen) atoms. The van der Waals surface area contributed by atoms with Crippen LogP contribution >= 0.6 is 0 Å². The molecule has 0 bridgehead atoms. The van der Waals surface area contributed by atoms with Gasteiger partial charge in [0.2, 0.25) is 0 Å². The predicted molar refractivity (Wildman–Crippen MR) is 87.9 cm³/mol. The molecule has 116 valence electrons. The molecule has 2 saturated carbocycles. The average molecular weight is 287 g/mol. The molecule has 0 saturated heterocycles. The van der Waals surface area contributed by atoms with Crippen LogP contribution in [0.25, 0.3) is 0 Å². The number of hydrogen-bond donors (Lipinski definition) is 1. The van der Waals surface area contributed by atoms with Crippen molar-refractivity contribution in [2.75, 3.05) is 13.6 Å². The van der Waals surface area contributed by atoms with Gasteiger partial charge in [0.1, 0.15) is 5.75 Å². The average Bonchev–Trinajstić information content (AvgIpc) is 3.25. The molecule has 0 heterocycles. The molecule has 2 nitrogen and oxygen atoms in total.